The Morgan fingerprint density at radius 1 is 1.31 bits per heavy atom. The Bertz CT molecular complexity index is 227. The Labute approximate surface area is 79.3 Å². The van der Waals surface area contributed by atoms with Crippen molar-refractivity contribution in [3.05, 3.63) is 11.5 Å². The molecule has 0 aliphatic carbocycles. The molecule has 4 nitrogen and oxygen atoms in total. The van der Waals surface area contributed by atoms with E-state index < -0.39 is 14.3 Å². The third kappa shape index (κ3) is 4.57. The van der Waals surface area contributed by atoms with Gasteiger partial charge in [0.1, 0.15) is 5.57 Å². The molecule has 76 valence electrons. The van der Waals surface area contributed by atoms with Crippen LogP contribution >= 0.6 is 0 Å². The van der Waals surface area contributed by atoms with Crippen LogP contribution in [0, 0.1) is 0 Å². The van der Waals surface area contributed by atoms with Gasteiger partial charge in [0.15, 0.2) is 0 Å². The van der Waals surface area contributed by atoms with Gasteiger partial charge < -0.3 is 14.3 Å². The smallest absolute Gasteiger partial charge is 0.327 e. The van der Waals surface area contributed by atoms with Crippen LogP contribution in [0.1, 0.15) is 6.92 Å². The molecular weight excluding hydrogens is 188 g/mol. The van der Waals surface area contributed by atoms with Crippen LogP contribution in [0.2, 0.25) is 19.6 Å². The number of hydrogen-bond donors (Lipinski definition) is 1. The first-order valence-corrected chi connectivity index (χ1v) is 7.36. The molecule has 0 aromatic carbocycles. The molecule has 0 radical (unpaired) electrons. The quantitative estimate of drug-likeness (QED) is 0.432. The average Bonchev–Trinajstić information content (AvgIpc) is 1.98. The summed E-state index contributed by atoms with van der Waals surface area (Å²) in [6, 6.07) is 0. The van der Waals surface area contributed by atoms with Crippen molar-refractivity contribution in [1.29, 1.82) is 0 Å². The number of carbonyl (C=O) groups is 1. The monoisotopic (exact) mass is 204 g/mol. The second kappa shape index (κ2) is 4.32. The van der Waals surface area contributed by atoms with Gasteiger partial charge in [0.25, 0.3) is 5.95 Å². The van der Waals surface area contributed by atoms with E-state index in [2.05, 4.69) is 4.74 Å². The van der Waals surface area contributed by atoms with E-state index in [4.69, 9.17) is 9.53 Å². The Morgan fingerprint density at radius 3 is 2.08 bits per heavy atom. The Morgan fingerprint density at radius 2 is 1.77 bits per heavy atom. The molecule has 13 heavy (non-hydrogen) atoms. The van der Waals surface area contributed by atoms with Crippen molar-refractivity contribution in [2.24, 2.45) is 0 Å². The summed E-state index contributed by atoms with van der Waals surface area (Å²) in [5.41, 5.74) is 0.102. The van der Waals surface area contributed by atoms with Crippen LogP contribution in [-0.4, -0.2) is 26.5 Å². The molecule has 0 amide bonds. The van der Waals surface area contributed by atoms with E-state index in [-0.39, 0.29) is 11.5 Å². The number of rotatable bonds is 3. The molecule has 0 aliphatic heterocycles. The van der Waals surface area contributed by atoms with Gasteiger partial charge in [0.05, 0.1) is 7.11 Å². The van der Waals surface area contributed by atoms with Crippen LogP contribution in [0.4, 0.5) is 0 Å². The molecule has 0 fully saturated rings. The Kier molecular flexibility index (Phi) is 3.99. The summed E-state index contributed by atoms with van der Waals surface area (Å²) >= 11 is 0. The van der Waals surface area contributed by atoms with Gasteiger partial charge in [-0.3, -0.25) is 0 Å². The van der Waals surface area contributed by atoms with Crippen molar-refractivity contribution < 1.29 is 19.1 Å². The molecule has 0 heterocycles. The van der Waals surface area contributed by atoms with Gasteiger partial charge in [-0.05, 0) is 26.6 Å². The van der Waals surface area contributed by atoms with Crippen LogP contribution in [0.3, 0.4) is 0 Å². The molecule has 0 spiro atoms. The van der Waals surface area contributed by atoms with E-state index in [9.17, 15) is 4.79 Å². The molecular formula is C8H16O4Si. The van der Waals surface area contributed by atoms with Crippen molar-refractivity contribution in [2.75, 3.05) is 7.11 Å². The fourth-order valence-corrected chi connectivity index (χ4v) is 1.30. The predicted molar refractivity (Wildman–Crippen MR) is 51.8 cm³/mol. The summed E-state index contributed by atoms with van der Waals surface area (Å²) in [5.74, 6) is -0.901. The summed E-state index contributed by atoms with van der Waals surface area (Å²) in [7, 11) is -0.600. The lowest BCUT2D eigenvalue weighted by atomic mass is 10.3. The van der Waals surface area contributed by atoms with E-state index in [0.29, 0.717) is 0 Å². The van der Waals surface area contributed by atoms with Gasteiger partial charge in [0, 0.05) is 0 Å². The first-order chi connectivity index (χ1) is 5.78. The van der Waals surface area contributed by atoms with E-state index in [1.54, 1.807) is 0 Å². The maximum atomic E-state index is 11.3. The van der Waals surface area contributed by atoms with Gasteiger partial charge in [-0.15, -0.1) is 0 Å². The molecule has 0 aromatic rings. The number of aliphatic hydroxyl groups excluding tert-OH is 1. The normalized spacial score (nSPS) is 13.3. The van der Waals surface area contributed by atoms with Crippen LogP contribution < -0.4 is 0 Å². The van der Waals surface area contributed by atoms with E-state index >= 15 is 0 Å². The van der Waals surface area contributed by atoms with Crippen molar-refractivity contribution in [3.63, 3.8) is 0 Å². The van der Waals surface area contributed by atoms with Crippen molar-refractivity contribution in [3.8, 4) is 0 Å². The van der Waals surface area contributed by atoms with Crippen molar-refractivity contribution in [2.45, 2.75) is 26.6 Å². The lowest BCUT2D eigenvalue weighted by molar-refractivity contribution is -0.131. The van der Waals surface area contributed by atoms with E-state index in [1.165, 1.54) is 14.0 Å². The second-order valence-electron chi connectivity index (χ2n) is 3.64. The molecule has 0 aromatic heterocycles. The van der Waals surface area contributed by atoms with Gasteiger partial charge in [0.2, 0.25) is 8.32 Å². The van der Waals surface area contributed by atoms with Gasteiger partial charge >= 0.3 is 5.97 Å². The van der Waals surface area contributed by atoms with Gasteiger partial charge in [-0.25, -0.2) is 4.79 Å². The van der Waals surface area contributed by atoms with Gasteiger partial charge in [-0.2, -0.15) is 0 Å². The highest BCUT2D eigenvalue weighted by atomic mass is 28.4. The molecule has 0 unspecified atom stereocenters. The third-order valence-electron chi connectivity index (χ3n) is 1.22. The number of aliphatic hydroxyl groups is 1. The zero-order valence-electron chi connectivity index (χ0n) is 8.67. The largest absolute Gasteiger partial charge is 0.516 e. The number of carbonyl (C=O) groups excluding carboxylic acids is 1. The first-order valence-electron chi connectivity index (χ1n) is 3.95. The summed E-state index contributed by atoms with van der Waals surface area (Å²) in [4.78, 5) is 11.3. The summed E-state index contributed by atoms with van der Waals surface area (Å²) in [6.07, 6.45) is 0. The lowest BCUT2D eigenvalue weighted by Gasteiger charge is -2.17. The highest BCUT2D eigenvalue weighted by Crippen LogP contribution is 2.09. The summed E-state index contributed by atoms with van der Waals surface area (Å²) in [5, 5.41) is 9.07. The van der Waals surface area contributed by atoms with Gasteiger partial charge in [-0.1, -0.05) is 0 Å². The molecule has 0 saturated heterocycles. The molecule has 0 atom stereocenters. The maximum Gasteiger partial charge on any atom is 0.327 e. The minimum Gasteiger partial charge on any atom is -0.516 e. The maximum absolute atomic E-state index is 11.3. The van der Waals surface area contributed by atoms with E-state index in [1.807, 2.05) is 19.6 Å². The highest BCUT2D eigenvalue weighted by Gasteiger charge is 2.22. The zero-order valence-corrected chi connectivity index (χ0v) is 9.67. The summed E-state index contributed by atoms with van der Waals surface area (Å²) in [6.45, 7) is 7.13. The van der Waals surface area contributed by atoms with Crippen LogP contribution in [0.15, 0.2) is 11.5 Å². The van der Waals surface area contributed by atoms with E-state index in [0.717, 1.165) is 0 Å². The number of methoxy groups -OCH3 is 1. The van der Waals surface area contributed by atoms with Crippen LogP contribution in [0.25, 0.3) is 0 Å². The fourth-order valence-electron chi connectivity index (χ4n) is 0.595. The SMILES string of the molecule is CO/C(O)=C(\C)C(=O)O[Si](C)(C)C. The molecule has 0 saturated carbocycles. The molecule has 0 rings (SSSR count). The minimum atomic E-state index is -1.89. The topological polar surface area (TPSA) is 55.8 Å². The fraction of sp³-hybridized carbons (Fsp3) is 0.625. The minimum absolute atomic E-state index is 0.102. The predicted octanol–water partition coefficient (Wildman–Crippen LogP) is 1.80. The van der Waals surface area contributed by atoms with Crippen LogP contribution in [-0.2, 0) is 14.0 Å². The van der Waals surface area contributed by atoms with Crippen LogP contribution in [0.5, 0.6) is 0 Å². The molecule has 1 N–H and O–H groups in total. The molecule has 0 bridgehead atoms. The lowest BCUT2D eigenvalue weighted by Crippen LogP contribution is -2.29. The average molecular weight is 204 g/mol. The standard InChI is InChI=1S/C8H16O4Si/c1-6(7(9)11-2)8(10)12-13(3,4)5/h9H,1-5H3/b7-6+. The Balaban J connectivity index is 4.46. The zero-order chi connectivity index (χ0) is 10.6. The first kappa shape index (κ1) is 12.0. The molecule has 5 heteroatoms. The summed E-state index contributed by atoms with van der Waals surface area (Å²) < 4.78 is 9.62. The highest BCUT2D eigenvalue weighted by molar-refractivity contribution is 6.71. The van der Waals surface area contributed by atoms with Crippen molar-refractivity contribution >= 4 is 14.3 Å². The molecule has 0 aliphatic rings. The number of ether oxygens (including phenoxy) is 1. The Hall–Kier alpha value is -0.973. The van der Waals surface area contributed by atoms with Crippen molar-refractivity contribution in [1.82, 2.24) is 0 Å². The third-order valence-corrected chi connectivity index (χ3v) is 2.02. The second-order valence-corrected chi connectivity index (χ2v) is 8.07. The number of hydrogen-bond acceptors (Lipinski definition) is 4.